The highest BCUT2D eigenvalue weighted by molar-refractivity contribution is 6.66. The lowest BCUT2D eigenvalue weighted by Gasteiger charge is -2.35. The number of ketones is 2. The van der Waals surface area contributed by atoms with Gasteiger partial charge in [0.05, 0.1) is 21.9 Å². The Labute approximate surface area is 138 Å². The number of fused-ring (bicyclic) bond motifs is 5. The van der Waals surface area contributed by atoms with Crippen LogP contribution in [-0.4, -0.2) is 25.6 Å². The summed E-state index contributed by atoms with van der Waals surface area (Å²) in [6.07, 6.45) is 2.27. The molecule has 3 rings (SSSR count). The topological polar surface area (TPSA) is 34.1 Å². The van der Waals surface area contributed by atoms with E-state index in [-0.39, 0.29) is 10.1 Å². The summed E-state index contributed by atoms with van der Waals surface area (Å²) < 4.78 is -1.86. The highest BCUT2D eigenvalue weighted by Crippen LogP contribution is 2.76. The van der Waals surface area contributed by atoms with Crippen LogP contribution in [0.2, 0.25) is 0 Å². The first-order chi connectivity index (χ1) is 8.61. The van der Waals surface area contributed by atoms with Gasteiger partial charge in [0.2, 0.25) is 0 Å². The first-order valence-corrected chi connectivity index (χ1v) is 7.46. The van der Waals surface area contributed by atoms with Crippen LogP contribution in [0.4, 0.5) is 0 Å². The van der Waals surface area contributed by atoms with Gasteiger partial charge in [0.1, 0.15) is 9.75 Å². The van der Waals surface area contributed by atoms with Crippen molar-refractivity contribution in [3.05, 3.63) is 22.2 Å². The molecule has 0 aliphatic heterocycles. The Morgan fingerprint density at radius 1 is 0.789 bits per heavy atom. The van der Waals surface area contributed by atoms with Crippen LogP contribution in [0.25, 0.3) is 0 Å². The molecule has 4 atom stereocenters. The fourth-order valence-corrected chi connectivity index (χ4v) is 6.03. The van der Waals surface area contributed by atoms with Crippen molar-refractivity contribution in [1.29, 1.82) is 0 Å². The molecule has 102 valence electrons. The molecule has 1 fully saturated rings. The Kier molecular flexibility index (Phi) is 2.94. The van der Waals surface area contributed by atoms with Crippen molar-refractivity contribution < 1.29 is 9.59 Å². The Morgan fingerprint density at radius 3 is 1.42 bits per heavy atom. The van der Waals surface area contributed by atoms with E-state index >= 15 is 0 Å². The molecule has 0 unspecified atom stereocenters. The molecule has 0 heterocycles. The molecule has 0 radical (unpaired) electrons. The fourth-order valence-electron chi connectivity index (χ4n) is 3.07. The third kappa shape index (κ3) is 1.26. The van der Waals surface area contributed by atoms with Crippen LogP contribution in [0.1, 0.15) is 0 Å². The lowest BCUT2D eigenvalue weighted by Crippen LogP contribution is -2.46. The van der Waals surface area contributed by atoms with E-state index in [4.69, 9.17) is 69.6 Å². The van der Waals surface area contributed by atoms with Gasteiger partial charge in [0, 0.05) is 0 Å². The van der Waals surface area contributed by atoms with Crippen molar-refractivity contribution >= 4 is 81.2 Å². The van der Waals surface area contributed by atoms with Crippen molar-refractivity contribution in [2.24, 2.45) is 11.8 Å². The zero-order valence-corrected chi connectivity index (χ0v) is 13.4. The third-order valence-electron chi connectivity index (χ3n) is 3.96. The van der Waals surface area contributed by atoms with Crippen LogP contribution in [0.3, 0.4) is 0 Å². The molecule has 0 aromatic heterocycles. The number of hydrogen-bond acceptors (Lipinski definition) is 2. The molecular formula is C11H4Cl6O2. The lowest BCUT2D eigenvalue weighted by molar-refractivity contribution is -0.128. The van der Waals surface area contributed by atoms with E-state index in [0.717, 1.165) is 12.2 Å². The number of allylic oxidation sites excluding steroid dienone is 4. The normalized spacial score (nSPS) is 47.1. The maximum atomic E-state index is 12.1. The molecule has 0 N–H and O–H groups in total. The summed E-state index contributed by atoms with van der Waals surface area (Å²) >= 11 is 37.6. The summed E-state index contributed by atoms with van der Waals surface area (Å²) in [7, 11) is 0. The molecule has 0 spiro atoms. The smallest absolute Gasteiger partial charge is 0.167 e. The van der Waals surface area contributed by atoms with Gasteiger partial charge in [-0.1, -0.05) is 46.4 Å². The highest BCUT2D eigenvalue weighted by Gasteiger charge is 2.84. The Hall–Kier alpha value is 0.560. The second-order valence-corrected chi connectivity index (χ2v) is 7.99. The van der Waals surface area contributed by atoms with Crippen molar-refractivity contribution in [3.8, 4) is 0 Å². The van der Waals surface area contributed by atoms with Gasteiger partial charge in [-0.15, -0.1) is 23.2 Å². The third-order valence-corrected chi connectivity index (χ3v) is 8.22. The van der Waals surface area contributed by atoms with Crippen LogP contribution in [0, 0.1) is 11.8 Å². The molecule has 8 heteroatoms. The number of carbonyl (C=O) groups is 2. The molecule has 19 heavy (non-hydrogen) atoms. The number of carbonyl (C=O) groups excluding carboxylic acids is 2. The standard InChI is InChI=1S/C11H4Cl6O2/c12-7-8(13)10(15)6-4(19)2-1-3(18)5(6)9(7,14)11(10,16)17/h1-2,5-6H/t5-,6+,9-,10-/m1/s1. The van der Waals surface area contributed by atoms with E-state index in [1.807, 2.05) is 0 Å². The van der Waals surface area contributed by atoms with E-state index in [2.05, 4.69) is 0 Å². The molecule has 3 aliphatic carbocycles. The maximum Gasteiger partial charge on any atom is 0.167 e. The highest BCUT2D eigenvalue weighted by atomic mass is 35.5. The minimum absolute atomic E-state index is 0.0754. The van der Waals surface area contributed by atoms with E-state index in [1.165, 1.54) is 0 Å². The number of rotatable bonds is 0. The SMILES string of the molecule is O=C1C=CC(=O)[C@H]2[C@@H]1[C@@]1(Cl)C(Cl)=C(Cl)[C@@]2(Cl)C1(Cl)Cl. The summed E-state index contributed by atoms with van der Waals surface area (Å²) in [5, 5.41) is -0.151. The predicted molar refractivity (Wildman–Crippen MR) is 76.5 cm³/mol. The van der Waals surface area contributed by atoms with Crippen molar-refractivity contribution in [1.82, 2.24) is 0 Å². The summed E-state index contributed by atoms with van der Waals surface area (Å²) in [5.41, 5.74) is 0. The molecule has 0 amide bonds. The monoisotopic (exact) mass is 378 g/mol. The van der Waals surface area contributed by atoms with Crippen LogP contribution in [-0.2, 0) is 9.59 Å². The first kappa shape index (κ1) is 14.5. The average molecular weight is 381 g/mol. The van der Waals surface area contributed by atoms with E-state index in [0.29, 0.717) is 0 Å². The predicted octanol–water partition coefficient (Wildman–Crippen LogP) is 3.77. The van der Waals surface area contributed by atoms with Gasteiger partial charge in [0.15, 0.2) is 15.9 Å². The van der Waals surface area contributed by atoms with Crippen molar-refractivity contribution in [2.45, 2.75) is 14.1 Å². The van der Waals surface area contributed by atoms with Gasteiger partial charge in [-0.3, -0.25) is 9.59 Å². The van der Waals surface area contributed by atoms with Gasteiger partial charge < -0.3 is 0 Å². The van der Waals surface area contributed by atoms with Crippen molar-refractivity contribution in [3.63, 3.8) is 0 Å². The number of halogens is 6. The second kappa shape index (κ2) is 3.85. The Bertz CT molecular complexity index is 546. The molecule has 3 aliphatic rings. The lowest BCUT2D eigenvalue weighted by atomic mass is 9.74. The van der Waals surface area contributed by atoms with Gasteiger partial charge in [-0.2, -0.15) is 0 Å². The van der Waals surface area contributed by atoms with Crippen LogP contribution >= 0.6 is 69.6 Å². The summed E-state index contributed by atoms with van der Waals surface area (Å²) in [6, 6.07) is 0. The Balaban J connectivity index is 2.38. The summed E-state index contributed by atoms with van der Waals surface area (Å²) in [5.74, 6) is -2.83. The van der Waals surface area contributed by atoms with Crippen LogP contribution in [0.15, 0.2) is 22.2 Å². The van der Waals surface area contributed by atoms with Crippen LogP contribution in [0.5, 0.6) is 0 Å². The van der Waals surface area contributed by atoms with E-state index < -0.39 is 37.5 Å². The second-order valence-electron chi connectivity index (χ2n) is 4.72. The Morgan fingerprint density at radius 2 is 1.11 bits per heavy atom. The van der Waals surface area contributed by atoms with Gasteiger partial charge in [0.25, 0.3) is 0 Å². The maximum absolute atomic E-state index is 12.1. The molecular weight excluding hydrogens is 377 g/mol. The number of hydrogen-bond donors (Lipinski definition) is 0. The zero-order valence-electron chi connectivity index (χ0n) is 8.89. The molecule has 0 aromatic rings. The van der Waals surface area contributed by atoms with E-state index in [9.17, 15) is 9.59 Å². The van der Waals surface area contributed by atoms with Gasteiger partial charge in [-0.25, -0.2) is 0 Å². The minimum atomic E-state index is -1.86. The molecule has 2 nitrogen and oxygen atoms in total. The molecule has 0 aromatic carbocycles. The van der Waals surface area contributed by atoms with E-state index in [1.54, 1.807) is 0 Å². The summed E-state index contributed by atoms with van der Waals surface area (Å²) in [4.78, 5) is 20.8. The number of alkyl halides is 4. The summed E-state index contributed by atoms with van der Waals surface area (Å²) in [6.45, 7) is 0. The zero-order chi connectivity index (χ0) is 14.4. The molecule has 1 saturated carbocycles. The van der Waals surface area contributed by atoms with Gasteiger partial charge >= 0.3 is 0 Å². The quantitative estimate of drug-likeness (QED) is 0.599. The average Bonchev–Trinajstić information content (AvgIpc) is 2.55. The fraction of sp³-hybridized carbons (Fsp3) is 0.455. The largest absolute Gasteiger partial charge is 0.294 e. The van der Waals surface area contributed by atoms with Gasteiger partial charge in [-0.05, 0) is 12.2 Å². The molecule has 2 bridgehead atoms. The van der Waals surface area contributed by atoms with Crippen LogP contribution < -0.4 is 0 Å². The first-order valence-electron chi connectivity index (χ1n) is 5.19. The minimum Gasteiger partial charge on any atom is -0.294 e. The van der Waals surface area contributed by atoms with Crippen molar-refractivity contribution in [2.75, 3.05) is 0 Å². The molecule has 0 saturated heterocycles.